The molecule has 1 saturated heterocycles. The van der Waals surface area contributed by atoms with E-state index in [4.69, 9.17) is 24.6 Å². The molecule has 2 aliphatic rings. The quantitative estimate of drug-likeness (QED) is 0.603. The number of amides is 2. The normalized spacial score (nSPS) is 16.1. The van der Waals surface area contributed by atoms with E-state index in [-0.39, 0.29) is 6.03 Å². The van der Waals surface area contributed by atoms with Crippen LogP contribution in [0.15, 0.2) is 0 Å². The van der Waals surface area contributed by atoms with Crippen LogP contribution >= 0.6 is 0 Å². The first kappa shape index (κ1) is 27.4. The van der Waals surface area contributed by atoms with Gasteiger partial charge in [0.2, 0.25) is 5.95 Å². The zero-order valence-corrected chi connectivity index (χ0v) is 19.8. The minimum Gasteiger partial charge on any atom is -0.475 e. The van der Waals surface area contributed by atoms with Crippen LogP contribution in [0.5, 0.6) is 0 Å². The van der Waals surface area contributed by atoms with Crippen LogP contribution in [0.1, 0.15) is 31.0 Å². The van der Waals surface area contributed by atoms with Crippen molar-refractivity contribution >= 4 is 23.8 Å². The third-order valence-corrected chi connectivity index (χ3v) is 5.36. The van der Waals surface area contributed by atoms with Gasteiger partial charge in [-0.05, 0) is 12.8 Å². The third-order valence-electron chi connectivity index (χ3n) is 5.36. The second kappa shape index (κ2) is 12.6. The van der Waals surface area contributed by atoms with Crippen molar-refractivity contribution < 1.29 is 32.6 Å². The van der Waals surface area contributed by atoms with Crippen molar-refractivity contribution in [2.45, 2.75) is 38.8 Å². The molecule has 0 saturated carbocycles. The van der Waals surface area contributed by atoms with E-state index >= 15 is 0 Å². The maximum Gasteiger partial charge on any atom is 0.490 e. The summed E-state index contributed by atoms with van der Waals surface area (Å²) < 4.78 is 37.2. The van der Waals surface area contributed by atoms with E-state index in [1.54, 1.807) is 0 Å². The number of ether oxygens (including phenoxy) is 1. The molecule has 2 amide bonds. The van der Waals surface area contributed by atoms with Gasteiger partial charge in [0, 0.05) is 58.8 Å². The lowest BCUT2D eigenvalue weighted by atomic mass is 10.1. The molecule has 3 heterocycles. The number of carboxylic acids is 1. The summed E-state index contributed by atoms with van der Waals surface area (Å²) in [6.45, 7) is 7.32. The first-order valence-electron chi connectivity index (χ1n) is 11.3. The molecule has 3 rings (SSSR count). The van der Waals surface area contributed by atoms with Crippen molar-refractivity contribution in [3.8, 4) is 0 Å². The van der Waals surface area contributed by atoms with Crippen LogP contribution in [0.25, 0.3) is 0 Å². The number of aromatic nitrogens is 2. The van der Waals surface area contributed by atoms with Gasteiger partial charge in [0.15, 0.2) is 0 Å². The second-order valence-electron chi connectivity index (χ2n) is 8.14. The molecule has 0 bridgehead atoms. The highest BCUT2D eigenvalue weighted by Crippen LogP contribution is 2.26. The number of carboxylic acid groups (broad SMARTS) is 1. The summed E-state index contributed by atoms with van der Waals surface area (Å²) in [6, 6.07) is 0.0315. The maximum absolute atomic E-state index is 12.5. The van der Waals surface area contributed by atoms with Crippen molar-refractivity contribution in [2.24, 2.45) is 0 Å². The molecule has 13 heteroatoms. The highest BCUT2D eigenvalue weighted by atomic mass is 19.4. The molecule has 0 aliphatic carbocycles. The fourth-order valence-corrected chi connectivity index (χ4v) is 3.53. The summed E-state index contributed by atoms with van der Waals surface area (Å²) in [5.41, 5.74) is 2.24. The number of rotatable bonds is 5. The second-order valence-corrected chi connectivity index (χ2v) is 8.14. The summed E-state index contributed by atoms with van der Waals surface area (Å²) in [6.07, 6.45) is -1.44. The molecular formula is C21H33F3N6O4. The zero-order valence-electron chi connectivity index (χ0n) is 19.8. The van der Waals surface area contributed by atoms with Gasteiger partial charge in [0.25, 0.3) is 0 Å². The Hall–Kier alpha value is -2.83. The van der Waals surface area contributed by atoms with E-state index in [0.29, 0.717) is 26.3 Å². The van der Waals surface area contributed by atoms with Crippen LogP contribution in [0.4, 0.5) is 29.7 Å². The molecule has 2 aliphatic heterocycles. The maximum atomic E-state index is 12.5. The van der Waals surface area contributed by atoms with Gasteiger partial charge in [0.1, 0.15) is 5.82 Å². The van der Waals surface area contributed by atoms with Crippen LogP contribution in [0.3, 0.4) is 0 Å². The summed E-state index contributed by atoms with van der Waals surface area (Å²) in [5, 5.41) is 10.2. The average molecular weight is 491 g/mol. The molecule has 0 atom stereocenters. The number of hydrogen-bond donors (Lipinski definition) is 2. The Morgan fingerprint density at radius 1 is 1.12 bits per heavy atom. The van der Waals surface area contributed by atoms with Crippen LogP contribution in [0.2, 0.25) is 0 Å². The summed E-state index contributed by atoms with van der Waals surface area (Å²) >= 11 is 0. The van der Waals surface area contributed by atoms with Gasteiger partial charge in [-0.3, -0.25) is 0 Å². The van der Waals surface area contributed by atoms with Gasteiger partial charge >= 0.3 is 18.2 Å². The van der Waals surface area contributed by atoms with E-state index < -0.39 is 12.1 Å². The summed E-state index contributed by atoms with van der Waals surface area (Å²) in [4.78, 5) is 37.2. The number of carbonyl (C=O) groups is 2. The Kier molecular flexibility index (Phi) is 10.1. The molecule has 0 unspecified atom stereocenters. The van der Waals surface area contributed by atoms with E-state index in [2.05, 4.69) is 22.0 Å². The average Bonchev–Trinajstić information content (AvgIpc) is 3.01. The Morgan fingerprint density at radius 2 is 1.74 bits per heavy atom. The summed E-state index contributed by atoms with van der Waals surface area (Å²) in [7, 11) is 4.04. The number of morpholine rings is 1. The van der Waals surface area contributed by atoms with Crippen molar-refractivity contribution in [1.82, 2.24) is 20.2 Å². The molecule has 1 aromatic heterocycles. The Labute approximate surface area is 197 Å². The Morgan fingerprint density at radius 3 is 2.29 bits per heavy atom. The highest BCUT2D eigenvalue weighted by Gasteiger charge is 2.38. The van der Waals surface area contributed by atoms with Crippen LogP contribution in [-0.4, -0.2) is 98.2 Å². The van der Waals surface area contributed by atoms with E-state index in [0.717, 1.165) is 62.8 Å². The molecule has 2 N–H and O–H groups in total. The molecule has 192 valence electrons. The standard InChI is InChI=1S/C19H32N6O2.C2HF3O2/c1-4-5-8-20-19(26)25-9-6-15-16(7-10-25)21-18(22-17(15)23(2)3)24-11-13-27-14-12-24;3-2(4,5)1(6)7/h4-14H2,1-3H3,(H,20,26);(H,6,7). The SMILES string of the molecule is CCCCNC(=O)N1CCc2nc(N3CCOCC3)nc(N(C)C)c2CC1.O=C(O)C(F)(F)F. The van der Waals surface area contributed by atoms with Crippen LogP contribution in [0, 0.1) is 0 Å². The lowest BCUT2D eigenvalue weighted by Crippen LogP contribution is -2.41. The lowest BCUT2D eigenvalue weighted by Gasteiger charge is -2.28. The van der Waals surface area contributed by atoms with Crippen molar-refractivity contribution in [3.05, 3.63) is 11.3 Å². The number of nitrogens with zero attached hydrogens (tertiary/aromatic N) is 5. The van der Waals surface area contributed by atoms with Crippen LogP contribution in [-0.2, 0) is 22.4 Å². The number of nitrogens with one attached hydrogen (secondary N) is 1. The van der Waals surface area contributed by atoms with E-state index in [1.807, 2.05) is 19.0 Å². The molecule has 0 aromatic carbocycles. The molecule has 1 aromatic rings. The predicted molar refractivity (Wildman–Crippen MR) is 120 cm³/mol. The zero-order chi connectivity index (χ0) is 25.3. The fourth-order valence-electron chi connectivity index (χ4n) is 3.53. The van der Waals surface area contributed by atoms with Gasteiger partial charge in [-0.1, -0.05) is 13.3 Å². The third kappa shape index (κ3) is 7.89. The summed E-state index contributed by atoms with van der Waals surface area (Å²) in [5.74, 6) is -1.01. The van der Waals surface area contributed by atoms with Gasteiger partial charge in [-0.2, -0.15) is 18.2 Å². The molecule has 10 nitrogen and oxygen atoms in total. The van der Waals surface area contributed by atoms with Gasteiger partial charge < -0.3 is 29.9 Å². The Bertz CT molecular complexity index is 831. The first-order chi connectivity index (χ1) is 16.0. The number of hydrogen-bond acceptors (Lipinski definition) is 7. The van der Waals surface area contributed by atoms with Gasteiger partial charge in [0.05, 0.1) is 18.9 Å². The minimum atomic E-state index is -5.08. The smallest absolute Gasteiger partial charge is 0.475 e. The number of alkyl halides is 3. The number of halogens is 3. The number of carbonyl (C=O) groups excluding carboxylic acids is 1. The molecule has 0 spiro atoms. The van der Waals surface area contributed by atoms with Crippen LogP contribution < -0.4 is 15.1 Å². The number of fused-ring (bicyclic) bond motifs is 1. The first-order valence-corrected chi connectivity index (χ1v) is 11.3. The number of unbranched alkanes of at least 4 members (excludes halogenated alkanes) is 1. The van der Waals surface area contributed by atoms with Crippen molar-refractivity contribution in [2.75, 3.05) is 69.8 Å². The van der Waals surface area contributed by atoms with E-state index in [1.165, 1.54) is 5.56 Å². The van der Waals surface area contributed by atoms with Crippen molar-refractivity contribution in [3.63, 3.8) is 0 Å². The minimum absolute atomic E-state index is 0.0315. The van der Waals surface area contributed by atoms with Gasteiger partial charge in [-0.25, -0.2) is 14.6 Å². The lowest BCUT2D eigenvalue weighted by molar-refractivity contribution is -0.192. The number of aliphatic carboxylic acids is 1. The fraction of sp³-hybridized carbons (Fsp3) is 0.714. The molecule has 1 fully saturated rings. The topological polar surface area (TPSA) is 111 Å². The number of urea groups is 1. The molecule has 0 radical (unpaired) electrons. The highest BCUT2D eigenvalue weighted by molar-refractivity contribution is 5.74. The van der Waals surface area contributed by atoms with Crippen molar-refractivity contribution in [1.29, 1.82) is 0 Å². The number of anilines is 2. The van der Waals surface area contributed by atoms with Gasteiger partial charge in [-0.15, -0.1) is 0 Å². The molecular weight excluding hydrogens is 457 g/mol. The molecule has 34 heavy (non-hydrogen) atoms. The Balaban J connectivity index is 0.000000509. The largest absolute Gasteiger partial charge is 0.490 e. The predicted octanol–water partition coefficient (Wildman–Crippen LogP) is 1.92. The monoisotopic (exact) mass is 490 g/mol. The van der Waals surface area contributed by atoms with E-state index in [9.17, 15) is 18.0 Å².